The highest BCUT2D eigenvalue weighted by atomic mass is 32.1. The average Bonchev–Trinajstić information content (AvgIpc) is 3.59. The van der Waals surface area contributed by atoms with Crippen molar-refractivity contribution in [2.45, 2.75) is 25.4 Å². The van der Waals surface area contributed by atoms with Crippen LogP contribution in [-0.4, -0.2) is 51.7 Å². The second-order valence-electron chi connectivity index (χ2n) is 9.23. The van der Waals surface area contributed by atoms with Crippen molar-refractivity contribution < 1.29 is 27.2 Å². The number of nitrogens with one attached hydrogen (secondary N) is 5. The molecular formula is C25H24F4N8O2S. The van der Waals surface area contributed by atoms with Crippen LogP contribution in [0, 0.1) is 11.7 Å². The Balaban J connectivity index is 1.27. The quantitative estimate of drug-likeness (QED) is 0.196. The zero-order valence-corrected chi connectivity index (χ0v) is 21.7. The number of aromatic nitrogens is 4. The van der Waals surface area contributed by atoms with Gasteiger partial charge in [-0.2, -0.15) is 18.3 Å². The highest BCUT2D eigenvalue weighted by Gasteiger charge is 2.31. The van der Waals surface area contributed by atoms with Gasteiger partial charge in [0.25, 0.3) is 5.91 Å². The highest BCUT2D eigenvalue weighted by Crippen LogP contribution is 2.33. The Bertz CT molecular complexity index is 1530. The monoisotopic (exact) mass is 576 g/mol. The van der Waals surface area contributed by atoms with E-state index >= 15 is 0 Å². The summed E-state index contributed by atoms with van der Waals surface area (Å²) < 4.78 is 52.8. The molecule has 1 aliphatic rings. The maximum atomic E-state index is 14.0. The number of urea groups is 1. The molecule has 4 aromatic rings. The molecule has 1 saturated heterocycles. The lowest BCUT2D eigenvalue weighted by Gasteiger charge is -2.22. The summed E-state index contributed by atoms with van der Waals surface area (Å²) in [5.74, 6) is -0.732. The van der Waals surface area contributed by atoms with E-state index in [9.17, 15) is 27.2 Å². The maximum Gasteiger partial charge on any atom is 0.416 e. The van der Waals surface area contributed by atoms with Crippen LogP contribution < -0.4 is 21.3 Å². The standard InChI is InChI=1S/C25H24F4N8O2S/c26-17-2-1-14(25(27,28)29)9-18(17)35-23(39)36-24-32-12-20(40-24)19-10-15(16-11-33-37-21(16)34-19)22(38)31-8-5-13-3-6-30-7-4-13/h1-2,9-13,30H,3-8H2,(H,31,38)(H,33,34,37)(H2,32,35,36,39). The summed E-state index contributed by atoms with van der Waals surface area (Å²) in [7, 11) is 0. The lowest BCUT2D eigenvalue weighted by Crippen LogP contribution is -2.31. The van der Waals surface area contributed by atoms with E-state index in [4.69, 9.17) is 0 Å². The average molecular weight is 577 g/mol. The number of H-pyrrole nitrogens is 1. The van der Waals surface area contributed by atoms with Crippen LogP contribution in [0.1, 0.15) is 35.2 Å². The first-order valence-corrected chi connectivity index (χ1v) is 13.2. The van der Waals surface area contributed by atoms with Crippen LogP contribution in [0.4, 0.5) is 33.2 Å². The molecule has 210 valence electrons. The molecule has 10 nitrogen and oxygen atoms in total. The largest absolute Gasteiger partial charge is 0.416 e. The Hall–Kier alpha value is -4.11. The summed E-state index contributed by atoms with van der Waals surface area (Å²) in [4.78, 5) is 34.5. The number of hydrogen-bond acceptors (Lipinski definition) is 7. The molecule has 0 aliphatic carbocycles. The SMILES string of the molecule is O=C(Nc1ncc(-c2cc(C(=O)NCCC3CCNCC3)c3cn[nH]c3n2)s1)Nc1cc(C(F)(F)F)ccc1F. The van der Waals surface area contributed by atoms with Gasteiger partial charge in [-0.25, -0.2) is 19.2 Å². The molecule has 1 aromatic carbocycles. The van der Waals surface area contributed by atoms with Crippen molar-refractivity contribution in [1.29, 1.82) is 0 Å². The molecule has 0 saturated carbocycles. The number of pyridine rings is 1. The van der Waals surface area contributed by atoms with Gasteiger partial charge >= 0.3 is 12.2 Å². The van der Waals surface area contributed by atoms with Gasteiger partial charge in [0, 0.05) is 12.7 Å². The number of aromatic amines is 1. The molecule has 0 atom stereocenters. The summed E-state index contributed by atoms with van der Waals surface area (Å²) in [6.45, 7) is 2.51. The number of benzene rings is 1. The number of nitrogens with zero attached hydrogens (tertiary/aromatic N) is 3. The number of hydrogen-bond donors (Lipinski definition) is 5. The lowest BCUT2D eigenvalue weighted by atomic mass is 9.95. The number of piperidine rings is 1. The maximum absolute atomic E-state index is 14.0. The second-order valence-corrected chi connectivity index (χ2v) is 10.3. The number of carbonyl (C=O) groups is 2. The number of fused-ring (bicyclic) bond motifs is 1. The van der Waals surface area contributed by atoms with Gasteiger partial charge in [0.05, 0.1) is 39.0 Å². The lowest BCUT2D eigenvalue weighted by molar-refractivity contribution is -0.137. The number of halogens is 4. The molecule has 40 heavy (non-hydrogen) atoms. The first-order valence-electron chi connectivity index (χ1n) is 12.4. The molecule has 0 spiro atoms. The number of rotatable bonds is 7. The third-order valence-corrected chi connectivity index (χ3v) is 7.42. The Morgan fingerprint density at radius 2 is 1.90 bits per heavy atom. The molecule has 5 rings (SSSR count). The smallest absolute Gasteiger partial charge is 0.352 e. The predicted molar refractivity (Wildman–Crippen MR) is 142 cm³/mol. The number of amides is 3. The van der Waals surface area contributed by atoms with E-state index in [0.29, 0.717) is 57.8 Å². The zero-order chi connectivity index (χ0) is 28.3. The van der Waals surface area contributed by atoms with E-state index < -0.39 is 29.3 Å². The summed E-state index contributed by atoms with van der Waals surface area (Å²) in [6.07, 6.45) is 1.29. The highest BCUT2D eigenvalue weighted by molar-refractivity contribution is 7.19. The van der Waals surface area contributed by atoms with E-state index in [1.54, 1.807) is 6.07 Å². The molecule has 15 heteroatoms. The minimum Gasteiger partial charge on any atom is -0.352 e. The fourth-order valence-corrected chi connectivity index (χ4v) is 5.17. The number of carbonyl (C=O) groups excluding carboxylic acids is 2. The van der Waals surface area contributed by atoms with Gasteiger partial charge in [0.1, 0.15) is 5.82 Å². The van der Waals surface area contributed by atoms with E-state index in [1.807, 2.05) is 0 Å². The molecular weight excluding hydrogens is 552 g/mol. The zero-order valence-electron chi connectivity index (χ0n) is 20.9. The minimum atomic E-state index is -4.70. The molecule has 0 bridgehead atoms. The summed E-state index contributed by atoms with van der Waals surface area (Å²) in [5.41, 5.74) is -0.574. The third kappa shape index (κ3) is 6.37. The predicted octanol–water partition coefficient (Wildman–Crippen LogP) is 5.00. The van der Waals surface area contributed by atoms with Crippen LogP contribution in [0.25, 0.3) is 21.6 Å². The van der Waals surface area contributed by atoms with Crippen molar-refractivity contribution in [2.24, 2.45) is 5.92 Å². The van der Waals surface area contributed by atoms with Crippen LogP contribution in [0.5, 0.6) is 0 Å². The van der Waals surface area contributed by atoms with Crippen LogP contribution in [0.3, 0.4) is 0 Å². The number of thiazole rings is 1. The van der Waals surface area contributed by atoms with E-state index in [1.165, 1.54) is 12.4 Å². The van der Waals surface area contributed by atoms with Crippen LogP contribution in [0.15, 0.2) is 36.7 Å². The molecule has 0 radical (unpaired) electrons. The van der Waals surface area contributed by atoms with E-state index in [2.05, 4.69) is 41.4 Å². The Morgan fingerprint density at radius 3 is 2.67 bits per heavy atom. The first kappa shape index (κ1) is 27.5. The van der Waals surface area contributed by atoms with Crippen molar-refractivity contribution in [3.8, 4) is 10.6 Å². The molecule has 0 unspecified atom stereocenters. The normalized spacial score (nSPS) is 14.3. The van der Waals surface area contributed by atoms with Gasteiger partial charge in [-0.3, -0.25) is 15.2 Å². The van der Waals surface area contributed by atoms with Gasteiger partial charge < -0.3 is 16.0 Å². The van der Waals surface area contributed by atoms with Crippen LogP contribution in [-0.2, 0) is 6.18 Å². The molecule has 5 N–H and O–H groups in total. The number of anilines is 2. The summed E-state index contributed by atoms with van der Waals surface area (Å²) >= 11 is 1.01. The van der Waals surface area contributed by atoms with Crippen LogP contribution >= 0.6 is 11.3 Å². The van der Waals surface area contributed by atoms with Crippen molar-refractivity contribution in [1.82, 2.24) is 30.8 Å². The van der Waals surface area contributed by atoms with Gasteiger partial charge in [-0.05, 0) is 62.5 Å². The summed E-state index contributed by atoms with van der Waals surface area (Å²) in [6, 6.07) is 2.33. The number of alkyl halides is 3. The van der Waals surface area contributed by atoms with Gasteiger partial charge in [0.2, 0.25) is 0 Å². The topological polar surface area (TPSA) is 137 Å². The molecule has 3 amide bonds. The van der Waals surface area contributed by atoms with E-state index in [0.717, 1.165) is 43.7 Å². The Labute approximate surface area is 229 Å². The van der Waals surface area contributed by atoms with Crippen molar-refractivity contribution >= 4 is 45.1 Å². The first-order chi connectivity index (χ1) is 19.2. The third-order valence-electron chi connectivity index (χ3n) is 6.48. The Kier molecular flexibility index (Phi) is 7.93. The fraction of sp³-hybridized carbons (Fsp3) is 0.320. The summed E-state index contributed by atoms with van der Waals surface area (Å²) in [5, 5.41) is 18.1. The van der Waals surface area contributed by atoms with Gasteiger partial charge in [0.15, 0.2) is 10.8 Å². The van der Waals surface area contributed by atoms with Crippen molar-refractivity contribution in [3.63, 3.8) is 0 Å². The van der Waals surface area contributed by atoms with Gasteiger partial charge in [-0.15, -0.1) is 0 Å². The van der Waals surface area contributed by atoms with Gasteiger partial charge in [-0.1, -0.05) is 11.3 Å². The fourth-order valence-electron chi connectivity index (χ4n) is 4.40. The minimum absolute atomic E-state index is 0.0827. The van der Waals surface area contributed by atoms with E-state index in [-0.39, 0.29) is 11.0 Å². The Morgan fingerprint density at radius 1 is 1.10 bits per heavy atom. The van der Waals surface area contributed by atoms with Crippen molar-refractivity contribution in [2.75, 3.05) is 30.3 Å². The van der Waals surface area contributed by atoms with Crippen LogP contribution in [0.2, 0.25) is 0 Å². The molecule has 1 aliphatic heterocycles. The molecule has 4 heterocycles. The molecule has 3 aromatic heterocycles. The molecule has 1 fully saturated rings. The van der Waals surface area contributed by atoms with Crippen molar-refractivity contribution in [3.05, 3.63) is 53.6 Å². The second kappa shape index (κ2) is 11.6.